The van der Waals surface area contributed by atoms with Crippen molar-refractivity contribution in [2.24, 2.45) is 5.73 Å². The van der Waals surface area contributed by atoms with Crippen molar-refractivity contribution in [2.45, 2.75) is 21.6 Å². The standard InChI is InChI=1S/C2H7N2.4C2H3O2.Ni/c3-1-2-4;4*1-2(3)4;/h3H,1-2,4H2;4*1H2,(H,3,4);/q-1;;;;;+1. The Balaban J connectivity index is 6.04. The summed E-state index contributed by atoms with van der Waals surface area (Å²) in [6.45, 7) is -0.0976. The van der Waals surface area contributed by atoms with E-state index < -0.39 is 57.0 Å². The average Bonchev–Trinajstić information content (AvgIpc) is 2.21. The van der Waals surface area contributed by atoms with Crippen LogP contribution in [0.15, 0.2) is 0 Å². The molecular formula is C10H19N2NiO8. The molecule has 0 aliphatic rings. The van der Waals surface area contributed by atoms with Gasteiger partial charge >= 0.3 is 120 Å². The summed E-state index contributed by atoms with van der Waals surface area (Å²) >= 11 is -4.15. The molecule has 0 fully saturated rings. The van der Waals surface area contributed by atoms with Gasteiger partial charge in [-0.25, -0.2) is 0 Å². The summed E-state index contributed by atoms with van der Waals surface area (Å²) < 4.78 is 2.59. The summed E-state index contributed by atoms with van der Waals surface area (Å²) in [6, 6.07) is 0. The van der Waals surface area contributed by atoms with Crippen LogP contribution in [0.5, 0.6) is 0 Å². The molecule has 0 saturated heterocycles. The fraction of sp³-hybridized carbons (Fsp3) is 0.600. The van der Waals surface area contributed by atoms with Gasteiger partial charge in [0.15, 0.2) is 0 Å². The molecule has 11 heteroatoms. The van der Waals surface area contributed by atoms with Crippen molar-refractivity contribution in [3.63, 3.8) is 0 Å². The van der Waals surface area contributed by atoms with Gasteiger partial charge in [-0.2, -0.15) is 0 Å². The molecule has 0 aromatic carbocycles. The van der Waals surface area contributed by atoms with Gasteiger partial charge in [-0.1, -0.05) is 0 Å². The van der Waals surface area contributed by atoms with Gasteiger partial charge in [0.25, 0.3) is 0 Å². The minimum absolute atomic E-state index is 0.0210. The Hall–Kier alpha value is -1.71. The summed E-state index contributed by atoms with van der Waals surface area (Å²) in [4.78, 5) is 44.4. The van der Waals surface area contributed by atoms with Crippen molar-refractivity contribution in [1.29, 1.82) is 0 Å². The van der Waals surface area contributed by atoms with Gasteiger partial charge in [-0.3, -0.25) is 0 Å². The van der Waals surface area contributed by atoms with Crippen molar-refractivity contribution in [2.75, 3.05) is 13.1 Å². The van der Waals surface area contributed by atoms with Crippen LogP contribution in [0.2, 0.25) is 21.6 Å². The number of nitrogens with two attached hydrogens (primary N) is 1. The van der Waals surface area contributed by atoms with E-state index >= 15 is 0 Å². The van der Waals surface area contributed by atoms with Gasteiger partial charge in [0.05, 0.1) is 0 Å². The monoisotopic (exact) mass is 353 g/mol. The van der Waals surface area contributed by atoms with Gasteiger partial charge in [-0.05, 0) is 0 Å². The van der Waals surface area contributed by atoms with Crippen LogP contribution >= 0.6 is 0 Å². The first kappa shape index (κ1) is 19.3. The topological polar surface area (TPSA) is 187 Å². The molecule has 0 bridgehead atoms. The van der Waals surface area contributed by atoms with E-state index in [1.54, 1.807) is 0 Å². The number of carboxylic acid groups (broad SMARTS) is 4. The van der Waals surface area contributed by atoms with Crippen molar-refractivity contribution >= 4 is 23.9 Å². The number of rotatable bonds is 11. The zero-order chi connectivity index (χ0) is 16.7. The SMILES string of the molecule is NCC[NH][Ni]([CH2]C(=O)O)([CH2]C(=O)O)([CH2]C(=O)O)[CH2]C(=O)O. The maximum atomic E-state index is 11.1. The number of carbonyl (C=O) groups is 4. The van der Waals surface area contributed by atoms with Gasteiger partial charge in [0, 0.05) is 0 Å². The molecule has 0 atom stereocenters. The van der Waals surface area contributed by atoms with Gasteiger partial charge in [-0.15, -0.1) is 0 Å². The Labute approximate surface area is 120 Å². The number of hydrogen-bond donors (Lipinski definition) is 6. The normalized spacial score (nSPS) is 13.1. The second kappa shape index (κ2) is 7.34. The number of nitrogens with one attached hydrogen (secondary N) is 1. The molecule has 0 aromatic heterocycles. The average molecular weight is 354 g/mol. The molecule has 10 nitrogen and oxygen atoms in total. The summed E-state index contributed by atoms with van der Waals surface area (Å²) in [6.07, 6.45) is 0. The molecule has 0 radical (unpaired) electrons. The zero-order valence-corrected chi connectivity index (χ0v) is 12.0. The summed E-state index contributed by atoms with van der Waals surface area (Å²) in [5.74, 6) is -5.85. The Kier molecular flexibility index (Phi) is 6.75. The zero-order valence-electron chi connectivity index (χ0n) is 11.1. The van der Waals surface area contributed by atoms with Crippen molar-refractivity contribution < 1.29 is 51.2 Å². The van der Waals surface area contributed by atoms with Crippen LogP contribution in [0.1, 0.15) is 0 Å². The fourth-order valence-corrected chi connectivity index (χ4v) is 6.87. The van der Waals surface area contributed by atoms with E-state index in [9.17, 15) is 19.2 Å². The molecule has 7 N–H and O–H groups in total. The van der Waals surface area contributed by atoms with Crippen LogP contribution in [0.3, 0.4) is 0 Å². The minimum atomic E-state index is -4.15. The molecule has 127 valence electrons. The van der Waals surface area contributed by atoms with E-state index in [-0.39, 0.29) is 13.1 Å². The van der Waals surface area contributed by atoms with E-state index in [1.165, 1.54) is 0 Å². The van der Waals surface area contributed by atoms with E-state index in [2.05, 4.69) is 4.40 Å². The van der Waals surface area contributed by atoms with Gasteiger partial charge in [0.2, 0.25) is 0 Å². The number of hydrogen-bond acceptors (Lipinski definition) is 6. The predicted molar refractivity (Wildman–Crippen MR) is 66.8 cm³/mol. The quantitative estimate of drug-likeness (QED) is 0.255. The summed E-state index contributed by atoms with van der Waals surface area (Å²) in [7, 11) is 0. The summed E-state index contributed by atoms with van der Waals surface area (Å²) in [5.41, 5.74) is 5.28. The summed E-state index contributed by atoms with van der Waals surface area (Å²) in [5, 5.41) is 32.7. The van der Waals surface area contributed by atoms with Crippen molar-refractivity contribution in [1.82, 2.24) is 4.40 Å². The Bertz CT molecular complexity index is 377. The second-order valence-corrected chi connectivity index (χ2v) is 10.2. The van der Waals surface area contributed by atoms with Crippen LogP contribution in [-0.2, 0) is 30.8 Å². The molecule has 0 aliphatic heterocycles. The van der Waals surface area contributed by atoms with Crippen LogP contribution < -0.4 is 10.1 Å². The first-order chi connectivity index (χ1) is 9.54. The molecule has 0 amide bonds. The third-order valence-corrected chi connectivity index (χ3v) is 8.19. The third kappa shape index (κ3) is 6.07. The van der Waals surface area contributed by atoms with Gasteiger partial charge < -0.3 is 0 Å². The molecule has 0 saturated carbocycles. The fourth-order valence-electron chi connectivity index (χ4n) is 1.67. The van der Waals surface area contributed by atoms with E-state index in [4.69, 9.17) is 26.2 Å². The van der Waals surface area contributed by atoms with Crippen LogP contribution in [-0.4, -0.2) is 57.4 Å². The van der Waals surface area contributed by atoms with Gasteiger partial charge in [0.1, 0.15) is 0 Å². The van der Waals surface area contributed by atoms with Crippen LogP contribution in [0, 0.1) is 0 Å². The van der Waals surface area contributed by atoms with Crippen LogP contribution in [0.4, 0.5) is 0 Å². The second-order valence-electron chi connectivity index (χ2n) is 4.07. The molecular weight excluding hydrogens is 335 g/mol. The van der Waals surface area contributed by atoms with E-state index in [0.29, 0.717) is 0 Å². The molecule has 0 unspecified atom stereocenters. The third-order valence-electron chi connectivity index (χ3n) is 2.09. The van der Waals surface area contributed by atoms with Crippen LogP contribution in [0.25, 0.3) is 0 Å². The molecule has 0 spiro atoms. The first-order valence-electron chi connectivity index (χ1n) is 5.44. The van der Waals surface area contributed by atoms with Crippen molar-refractivity contribution in [3.8, 4) is 0 Å². The molecule has 0 heterocycles. The first-order valence-corrected chi connectivity index (χ1v) is 8.73. The molecule has 0 aromatic rings. The molecule has 0 aliphatic carbocycles. The van der Waals surface area contributed by atoms with Crippen molar-refractivity contribution in [3.05, 3.63) is 0 Å². The van der Waals surface area contributed by atoms with E-state index in [0.717, 1.165) is 0 Å². The molecule has 21 heavy (non-hydrogen) atoms. The number of aliphatic carboxylic acids is 4. The van der Waals surface area contributed by atoms with E-state index in [1.807, 2.05) is 0 Å². The predicted octanol–water partition coefficient (Wildman–Crippen LogP) is -0.849. The number of carboxylic acids is 4. The Morgan fingerprint density at radius 2 is 1.05 bits per heavy atom. The maximum absolute atomic E-state index is 11.1. The Morgan fingerprint density at radius 1 is 0.762 bits per heavy atom. The molecule has 0 rings (SSSR count). The Morgan fingerprint density at radius 3 is 1.24 bits per heavy atom.